The molecular weight excluding hydrogens is 405 g/mol. The Kier molecular flexibility index (Phi) is 5.64. The van der Waals surface area contributed by atoms with Gasteiger partial charge in [-0.2, -0.15) is 0 Å². The maximum Gasteiger partial charge on any atom is 0.270 e. The lowest BCUT2D eigenvalue weighted by Crippen LogP contribution is -2.41. The third kappa shape index (κ3) is 3.99. The summed E-state index contributed by atoms with van der Waals surface area (Å²) in [4.78, 5) is 17.4. The van der Waals surface area contributed by atoms with Gasteiger partial charge in [-0.15, -0.1) is 0 Å². The van der Waals surface area contributed by atoms with Crippen molar-refractivity contribution in [1.82, 2.24) is 14.4 Å². The van der Waals surface area contributed by atoms with Gasteiger partial charge in [-0.1, -0.05) is 18.2 Å². The van der Waals surface area contributed by atoms with E-state index in [1.54, 1.807) is 23.1 Å². The van der Waals surface area contributed by atoms with Crippen LogP contribution in [-0.2, 0) is 13.1 Å². The van der Waals surface area contributed by atoms with Crippen LogP contribution in [0.2, 0.25) is 0 Å². The highest BCUT2D eigenvalue weighted by molar-refractivity contribution is 5.99. The van der Waals surface area contributed by atoms with Gasteiger partial charge in [0.15, 0.2) is 0 Å². The first-order valence-electron chi connectivity index (χ1n) is 11.6. The molecule has 1 amide bonds. The lowest BCUT2D eigenvalue weighted by atomic mass is 10.1. The summed E-state index contributed by atoms with van der Waals surface area (Å²) in [5, 5.41) is 1.01. The van der Waals surface area contributed by atoms with Gasteiger partial charge in [0, 0.05) is 55.2 Å². The zero-order valence-electron chi connectivity index (χ0n) is 18.8. The quantitative estimate of drug-likeness (QED) is 0.584. The number of rotatable bonds is 5. The van der Waals surface area contributed by atoms with Gasteiger partial charge >= 0.3 is 0 Å². The number of aromatic nitrogens is 1. The number of nitrogens with zero attached hydrogens (tertiary/aromatic N) is 3. The first-order valence-corrected chi connectivity index (χ1v) is 11.6. The summed E-state index contributed by atoms with van der Waals surface area (Å²) in [6, 6.07) is 15.3. The van der Waals surface area contributed by atoms with Crippen molar-refractivity contribution in [3.63, 3.8) is 0 Å². The Balaban J connectivity index is 1.32. The highest BCUT2D eigenvalue weighted by Crippen LogP contribution is 2.29. The molecule has 0 radical (unpaired) electrons. The summed E-state index contributed by atoms with van der Waals surface area (Å²) in [7, 11) is 0. The molecule has 0 saturated carbocycles. The Morgan fingerprint density at radius 2 is 1.81 bits per heavy atom. The van der Waals surface area contributed by atoms with Gasteiger partial charge in [-0.3, -0.25) is 4.79 Å². The molecule has 1 aromatic heterocycles. The standard InChI is InChI=1S/C26H30FN3O2/c1-18(2)28-11-9-21(10-12-28)32-22-7-8-24-20(15-22)16-25-26(31)29(13-14-30(24)25)17-19-5-3-4-6-23(19)27/h3-8,15-16,18,21H,9-14,17H2,1-2H3. The van der Waals surface area contributed by atoms with Crippen LogP contribution < -0.4 is 4.74 Å². The molecule has 1 saturated heterocycles. The molecule has 5 nitrogen and oxygen atoms in total. The molecule has 6 heteroatoms. The Bertz CT molecular complexity index is 1130. The molecule has 0 bridgehead atoms. The van der Waals surface area contributed by atoms with Crippen LogP contribution in [0.5, 0.6) is 5.75 Å². The number of amides is 1. The van der Waals surface area contributed by atoms with Crippen LogP contribution in [0.1, 0.15) is 42.7 Å². The third-order valence-corrected chi connectivity index (χ3v) is 6.80. The molecule has 168 valence electrons. The number of hydrogen-bond donors (Lipinski definition) is 0. The molecule has 32 heavy (non-hydrogen) atoms. The van der Waals surface area contributed by atoms with Crippen LogP contribution in [0.25, 0.3) is 10.9 Å². The minimum atomic E-state index is -0.271. The van der Waals surface area contributed by atoms with E-state index in [2.05, 4.69) is 29.4 Å². The monoisotopic (exact) mass is 435 g/mol. The number of fused-ring (bicyclic) bond motifs is 3. The largest absolute Gasteiger partial charge is 0.490 e. The average molecular weight is 436 g/mol. The normalized spacial score (nSPS) is 17.9. The zero-order chi connectivity index (χ0) is 22.2. The molecule has 5 rings (SSSR count). The van der Waals surface area contributed by atoms with Crippen LogP contribution in [0.3, 0.4) is 0 Å². The number of benzene rings is 2. The van der Waals surface area contributed by atoms with Crippen LogP contribution in [0.4, 0.5) is 4.39 Å². The molecule has 3 heterocycles. The predicted molar refractivity (Wildman–Crippen MR) is 123 cm³/mol. The maximum atomic E-state index is 14.1. The SMILES string of the molecule is CC(C)N1CCC(Oc2ccc3c(c2)cc2n3CCN(Cc3ccccc3F)C2=O)CC1. The number of carbonyl (C=O) groups excluding carboxylic acids is 1. The molecule has 0 N–H and O–H groups in total. The highest BCUT2D eigenvalue weighted by atomic mass is 19.1. The Morgan fingerprint density at radius 3 is 2.56 bits per heavy atom. The van der Waals surface area contributed by atoms with Crippen molar-refractivity contribution in [2.45, 2.75) is 51.9 Å². The van der Waals surface area contributed by atoms with Gasteiger partial charge in [-0.05, 0) is 57.0 Å². The van der Waals surface area contributed by atoms with Crippen LogP contribution in [0.15, 0.2) is 48.5 Å². The van der Waals surface area contributed by atoms with Crippen molar-refractivity contribution in [2.75, 3.05) is 19.6 Å². The molecule has 2 aromatic carbocycles. The van der Waals surface area contributed by atoms with E-state index in [1.165, 1.54) is 6.07 Å². The Hall–Kier alpha value is -2.86. The lowest BCUT2D eigenvalue weighted by molar-refractivity contribution is 0.0691. The molecule has 3 aromatic rings. The van der Waals surface area contributed by atoms with E-state index in [1.807, 2.05) is 18.2 Å². The molecule has 0 atom stereocenters. The number of likely N-dealkylation sites (tertiary alicyclic amines) is 1. The van der Waals surface area contributed by atoms with Crippen molar-refractivity contribution < 1.29 is 13.9 Å². The second kappa shape index (κ2) is 8.58. The summed E-state index contributed by atoms with van der Waals surface area (Å²) in [5.74, 6) is 0.533. The number of piperidine rings is 1. The Morgan fingerprint density at radius 1 is 1.03 bits per heavy atom. The van der Waals surface area contributed by atoms with E-state index < -0.39 is 0 Å². The molecule has 2 aliphatic rings. The molecule has 2 aliphatic heterocycles. The summed E-state index contributed by atoms with van der Waals surface area (Å²) in [6.07, 6.45) is 2.30. The van der Waals surface area contributed by atoms with Crippen molar-refractivity contribution in [1.29, 1.82) is 0 Å². The smallest absolute Gasteiger partial charge is 0.270 e. The molecule has 0 spiro atoms. The summed E-state index contributed by atoms with van der Waals surface area (Å²) in [6.45, 7) is 8.17. The number of ether oxygens (including phenoxy) is 1. The summed E-state index contributed by atoms with van der Waals surface area (Å²) < 4.78 is 22.4. The second-order valence-electron chi connectivity index (χ2n) is 9.17. The van der Waals surface area contributed by atoms with E-state index in [-0.39, 0.29) is 24.4 Å². The van der Waals surface area contributed by atoms with E-state index in [9.17, 15) is 9.18 Å². The van der Waals surface area contributed by atoms with Crippen LogP contribution in [-0.4, -0.2) is 52.1 Å². The lowest BCUT2D eigenvalue weighted by Gasteiger charge is -2.34. The van der Waals surface area contributed by atoms with Gasteiger partial charge < -0.3 is 19.1 Å². The minimum Gasteiger partial charge on any atom is -0.490 e. The number of carbonyl (C=O) groups is 1. The van der Waals surface area contributed by atoms with E-state index >= 15 is 0 Å². The van der Waals surface area contributed by atoms with E-state index in [0.717, 1.165) is 42.6 Å². The fraction of sp³-hybridized carbons (Fsp3) is 0.423. The first-order chi connectivity index (χ1) is 15.5. The molecule has 1 fully saturated rings. The molecular formula is C26H30FN3O2. The minimum absolute atomic E-state index is 0.0563. The fourth-order valence-corrected chi connectivity index (χ4v) is 4.91. The number of hydrogen-bond acceptors (Lipinski definition) is 3. The van der Waals surface area contributed by atoms with Crippen molar-refractivity contribution >= 4 is 16.8 Å². The van der Waals surface area contributed by atoms with Gasteiger partial charge in [0.2, 0.25) is 0 Å². The van der Waals surface area contributed by atoms with Crippen molar-refractivity contribution in [2.24, 2.45) is 0 Å². The molecule has 0 unspecified atom stereocenters. The maximum absolute atomic E-state index is 14.1. The van der Waals surface area contributed by atoms with Crippen molar-refractivity contribution in [3.8, 4) is 5.75 Å². The zero-order valence-corrected chi connectivity index (χ0v) is 18.8. The highest BCUT2D eigenvalue weighted by Gasteiger charge is 2.27. The summed E-state index contributed by atoms with van der Waals surface area (Å²) >= 11 is 0. The first kappa shape index (κ1) is 21.0. The molecule has 0 aliphatic carbocycles. The number of halogens is 1. The summed E-state index contributed by atoms with van der Waals surface area (Å²) in [5.41, 5.74) is 2.25. The fourth-order valence-electron chi connectivity index (χ4n) is 4.91. The van der Waals surface area contributed by atoms with Crippen molar-refractivity contribution in [3.05, 3.63) is 65.6 Å². The van der Waals surface area contributed by atoms with Crippen LogP contribution >= 0.6 is 0 Å². The second-order valence-corrected chi connectivity index (χ2v) is 9.17. The van der Waals surface area contributed by atoms with Gasteiger partial charge in [0.1, 0.15) is 23.4 Å². The Labute approximate surface area is 188 Å². The third-order valence-electron chi connectivity index (χ3n) is 6.80. The predicted octanol–water partition coefficient (Wildman–Crippen LogP) is 4.69. The van der Waals surface area contributed by atoms with E-state index in [0.29, 0.717) is 30.4 Å². The van der Waals surface area contributed by atoms with Gasteiger partial charge in [-0.25, -0.2) is 4.39 Å². The van der Waals surface area contributed by atoms with Crippen LogP contribution in [0, 0.1) is 5.82 Å². The average Bonchev–Trinajstić information content (AvgIpc) is 3.16. The van der Waals surface area contributed by atoms with E-state index in [4.69, 9.17) is 4.74 Å². The topological polar surface area (TPSA) is 37.7 Å². The van der Waals surface area contributed by atoms with Gasteiger partial charge in [0.05, 0.1) is 0 Å². The van der Waals surface area contributed by atoms with Gasteiger partial charge in [0.25, 0.3) is 5.91 Å².